The van der Waals surface area contributed by atoms with Gasteiger partial charge in [0, 0.05) is 37.5 Å². The standard InChI is InChI=1S/C18H35N3O2/c1-15(2)21-12-16(5-6-17(21)23)11-20-9-7-18(14-22,8-10-20)13-19(3)4/h15-16,22H,5-14H2,1-4H3. The maximum absolute atomic E-state index is 12.0. The maximum atomic E-state index is 12.0. The first kappa shape index (κ1) is 18.7. The SMILES string of the molecule is CC(C)N1CC(CN2CCC(CO)(CN(C)C)CC2)CCC1=O. The van der Waals surface area contributed by atoms with E-state index in [9.17, 15) is 9.90 Å². The Labute approximate surface area is 141 Å². The van der Waals surface area contributed by atoms with Crippen molar-refractivity contribution in [2.45, 2.75) is 45.6 Å². The Balaban J connectivity index is 1.83. The zero-order valence-corrected chi connectivity index (χ0v) is 15.4. The number of carbonyl (C=O) groups excluding carboxylic acids is 1. The average Bonchev–Trinajstić information content (AvgIpc) is 2.50. The van der Waals surface area contributed by atoms with E-state index >= 15 is 0 Å². The van der Waals surface area contributed by atoms with Crippen molar-refractivity contribution in [3.05, 3.63) is 0 Å². The van der Waals surface area contributed by atoms with Gasteiger partial charge in [-0.25, -0.2) is 0 Å². The van der Waals surface area contributed by atoms with Crippen LogP contribution in [0, 0.1) is 11.3 Å². The molecule has 0 aliphatic carbocycles. The zero-order chi connectivity index (χ0) is 17.0. The minimum atomic E-state index is 0.0759. The summed E-state index contributed by atoms with van der Waals surface area (Å²) < 4.78 is 0. The van der Waals surface area contributed by atoms with Crippen molar-refractivity contribution in [2.24, 2.45) is 11.3 Å². The highest BCUT2D eigenvalue weighted by Crippen LogP contribution is 2.32. The Kier molecular flexibility index (Phi) is 6.46. The summed E-state index contributed by atoms with van der Waals surface area (Å²) in [6, 6.07) is 0.314. The van der Waals surface area contributed by atoms with Crippen molar-refractivity contribution in [1.82, 2.24) is 14.7 Å². The van der Waals surface area contributed by atoms with E-state index < -0.39 is 0 Å². The van der Waals surface area contributed by atoms with Crippen molar-refractivity contribution in [3.63, 3.8) is 0 Å². The van der Waals surface area contributed by atoms with Gasteiger partial charge in [0.05, 0.1) is 6.61 Å². The van der Waals surface area contributed by atoms with Gasteiger partial charge in [-0.2, -0.15) is 0 Å². The zero-order valence-electron chi connectivity index (χ0n) is 15.4. The number of piperidine rings is 2. The maximum Gasteiger partial charge on any atom is 0.222 e. The minimum absolute atomic E-state index is 0.0759. The lowest BCUT2D eigenvalue weighted by Gasteiger charge is -2.44. The summed E-state index contributed by atoms with van der Waals surface area (Å²) in [5.41, 5.74) is 0.0759. The van der Waals surface area contributed by atoms with Crippen molar-refractivity contribution in [1.29, 1.82) is 0 Å². The lowest BCUT2D eigenvalue weighted by atomic mass is 9.78. The average molecular weight is 325 g/mol. The molecule has 134 valence electrons. The number of likely N-dealkylation sites (tertiary alicyclic amines) is 2. The van der Waals surface area contributed by atoms with E-state index in [0.717, 1.165) is 52.0 Å². The fourth-order valence-corrected chi connectivity index (χ4v) is 4.20. The molecule has 2 saturated heterocycles. The largest absolute Gasteiger partial charge is 0.396 e. The van der Waals surface area contributed by atoms with Gasteiger partial charge in [-0.3, -0.25) is 4.79 Å². The number of aliphatic hydroxyl groups excluding tert-OH is 1. The number of hydrogen-bond donors (Lipinski definition) is 1. The van der Waals surface area contributed by atoms with E-state index in [0.29, 0.717) is 24.3 Å². The van der Waals surface area contributed by atoms with Crippen LogP contribution in [0.25, 0.3) is 0 Å². The van der Waals surface area contributed by atoms with E-state index in [4.69, 9.17) is 0 Å². The Morgan fingerprint density at radius 3 is 2.48 bits per heavy atom. The molecule has 1 atom stereocenters. The molecule has 0 spiro atoms. The number of hydrogen-bond acceptors (Lipinski definition) is 4. The summed E-state index contributed by atoms with van der Waals surface area (Å²) >= 11 is 0. The van der Waals surface area contributed by atoms with Gasteiger partial charge >= 0.3 is 0 Å². The first-order valence-corrected chi connectivity index (χ1v) is 9.12. The van der Waals surface area contributed by atoms with Gasteiger partial charge < -0.3 is 19.8 Å². The summed E-state index contributed by atoms with van der Waals surface area (Å²) in [5.74, 6) is 0.922. The van der Waals surface area contributed by atoms with Gasteiger partial charge in [-0.1, -0.05) is 0 Å². The molecule has 5 nitrogen and oxygen atoms in total. The number of aliphatic hydroxyl groups is 1. The smallest absolute Gasteiger partial charge is 0.222 e. The van der Waals surface area contributed by atoms with Crippen LogP contribution < -0.4 is 0 Å². The normalized spacial score (nSPS) is 26.3. The highest BCUT2D eigenvalue weighted by molar-refractivity contribution is 5.77. The molecule has 0 saturated carbocycles. The van der Waals surface area contributed by atoms with Crippen LogP contribution in [0.5, 0.6) is 0 Å². The van der Waals surface area contributed by atoms with Gasteiger partial charge in [-0.05, 0) is 66.2 Å². The Morgan fingerprint density at radius 1 is 1.30 bits per heavy atom. The van der Waals surface area contributed by atoms with Crippen LogP contribution in [-0.2, 0) is 4.79 Å². The van der Waals surface area contributed by atoms with Gasteiger partial charge in [0.25, 0.3) is 0 Å². The summed E-state index contributed by atoms with van der Waals surface area (Å²) in [5, 5.41) is 9.83. The number of amides is 1. The van der Waals surface area contributed by atoms with Crippen LogP contribution in [0.1, 0.15) is 39.5 Å². The lowest BCUT2D eigenvalue weighted by Crippen LogP contribution is -2.50. The molecule has 0 bridgehead atoms. The van der Waals surface area contributed by atoms with Gasteiger partial charge in [0.1, 0.15) is 0 Å². The third-order valence-corrected chi connectivity index (χ3v) is 5.59. The molecule has 1 amide bonds. The Morgan fingerprint density at radius 2 is 1.96 bits per heavy atom. The summed E-state index contributed by atoms with van der Waals surface area (Å²) in [6.45, 7) is 9.63. The van der Waals surface area contributed by atoms with E-state index in [1.807, 2.05) is 4.90 Å². The molecule has 23 heavy (non-hydrogen) atoms. The molecule has 2 rings (SSSR count). The number of rotatable bonds is 6. The predicted molar refractivity (Wildman–Crippen MR) is 93.3 cm³/mol. The Bertz CT molecular complexity index is 390. The van der Waals surface area contributed by atoms with Crippen LogP contribution in [0.15, 0.2) is 0 Å². The first-order chi connectivity index (χ1) is 10.8. The van der Waals surface area contributed by atoms with Crippen molar-refractivity contribution >= 4 is 5.91 Å². The molecule has 0 aromatic rings. The second-order valence-electron chi connectivity index (χ2n) is 8.24. The van der Waals surface area contributed by atoms with Crippen molar-refractivity contribution in [2.75, 3.05) is 53.4 Å². The quantitative estimate of drug-likeness (QED) is 0.799. The summed E-state index contributed by atoms with van der Waals surface area (Å²) in [7, 11) is 4.17. The van der Waals surface area contributed by atoms with Crippen molar-refractivity contribution in [3.8, 4) is 0 Å². The first-order valence-electron chi connectivity index (χ1n) is 9.12. The second-order valence-corrected chi connectivity index (χ2v) is 8.24. The van der Waals surface area contributed by atoms with Crippen LogP contribution in [0.2, 0.25) is 0 Å². The van der Waals surface area contributed by atoms with E-state index in [1.54, 1.807) is 0 Å². The molecule has 2 heterocycles. The van der Waals surface area contributed by atoms with Crippen LogP contribution in [0.3, 0.4) is 0 Å². The fraction of sp³-hybridized carbons (Fsp3) is 0.944. The molecule has 2 aliphatic heterocycles. The van der Waals surface area contributed by atoms with Crippen LogP contribution >= 0.6 is 0 Å². The highest BCUT2D eigenvalue weighted by Gasteiger charge is 2.36. The molecule has 2 fully saturated rings. The lowest BCUT2D eigenvalue weighted by molar-refractivity contribution is -0.137. The predicted octanol–water partition coefficient (Wildman–Crippen LogP) is 1.27. The summed E-state index contributed by atoms with van der Waals surface area (Å²) in [4.78, 5) is 18.8. The molecule has 2 aliphatic rings. The Hall–Kier alpha value is -0.650. The molecule has 0 radical (unpaired) electrons. The summed E-state index contributed by atoms with van der Waals surface area (Å²) in [6.07, 6.45) is 3.88. The molecule has 0 aromatic carbocycles. The van der Waals surface area contributed by atoms with Gasteiger partial charge in [0.15, 0.2) is 0 Å². The second kappa shape index (κ2) is 7.95. The van der Waals surface area contributed by atoms with Crippen molar-refractivity contribution < 1.29 is 9.90 Å². The van der Waals surface area contributed by atoms with E-state index in [-0.39, 0.29) is 12.0 Å². The minimum Gasteiger partial charge on any atom is -0.396 e. The molecule has 1 N–H and O–H groups in total. The monoisotopic (exact) mass is 325 g/mol. The van der Waals surface area contributed by atoms with Crippen LogP contribution in [-0.4, -0.2) is 85.2 Å². The number of carbonyl (C=O) groups is 1. The number of nitrogens with zero attached hydrogens (tertiary/aromatic N) is 3. The molecule has 5 heteroatoms. The topological polar surface area (TPSA) is 47.0 Å². The van der Waals surface area contributed by atoms with Gasteiger partial charge in [0.2, 0.25) is 5.91 Å². The highest BCUT2D eigenvalue weighted by atomic mass is 16.3. The van der Waals surface area contributed by atoms with Crippen LogP contribution in [0.4, 0.5) is 0 Å². The third-order valence-electron chi connectivity index (χ3n) is 5.59. The molecular formula is C18H35N3O2. The van der Waals surface area contributed by atoms with E-state index in [2.05, 4.69) is 37.7 Å². The van der Waals surface area contributed by atoms with Gasteiger partial charge in [-0.15, -0.1) is 0 Å². The molecular weight excluding hydrogens is 290 g/mol. The molecule has 1 unspecified atom stereocenters. The van der Waals surface area contributed by atoms with E-state index in [1.165, 1.54) is 0 Å². The molecule has 0 aromatic heterocycles. The third kappa shape index (κ3) is 4.91. The fourth-order valence-electron chi connectivity index (χ4n) is 4.20.